The topological polar surface area (TPSA) is 237 Å². The van der Waals surface area contributed by atoms with Gasteiger partial charge in [-0.05, 0) is 25.7 Å². The summed E-state index contributed by atoms with van der Waals surface area (Å²) in [6.45, 7) is 4.96. The molecule has 0 radical (unpaired) electrons. The van der Waals surface area contributed by atoms with Crippen LogP contribution in [0.5, 0.6) is 0 Å². The van der Waals surface area contributed by atoms with Crippen LogP contribution < -0.4 is 0 Å². The van der Waals surface area contributed by atoms with Crippen molar-refractivity contribution in [2.45, 2.75) is 425 Å². The summed E-state index contributed by atoms with van der Waals surface area (Å²) in [7, 11) is -9.90. The first-order valence-electron chi connectivity index (χ1n) is 39.8. The van der Waals surface area contributed by atoms with Gasteiger partial charge in [0.2, 0.25) is 0 Å². The van der Waals surface area contributed by atoms with Crippen molar-refractivity contribution in [2.24, 2.45) is 0 Å². The number of esters is 4. The molecule has 2 unspecified atom stereocenters. The average Bonchev–Trinajstić information content (AvgIpc) is 3.01. The lowest BCUT2D eigenvalue weighted by atomic mass is 10.0. The molecule has 3 N–H and O–H groups in total. The first-order valence-corrected chi connectivity index (χ1v) is 42.8. The van der Waals surface area contributed by atoms with Crippen molar-refractivity contribution >= 4 is 39.5 Å². The van der Waals surface area contributed by atoms with Crippen LogP contribution in [0.2, 0.25) is 0 Å². The van der Waals surface area contributed by atoms with E-state index in [0.29, 0.717) is 25.7 Å². The van der Waals surface area contributed by atoms with Crippen LogP contribution in [0.1, 0.15) is 407 Å². The van der Waals surface area contributed by atoms with Crippen LogP contribution in [-0.4, -0.2) is 96.7 Å². The number of phosphoric ester groups is 2. The zero-order chi connectivity index (χ0) is 69.7. The van der Waals surface area contributed by atoms with E-state index in [1.807, 2.05) is 0 Å². The normalized spacial score (nSPS) is 13.9. The molecule has 0 aromatic heterocycles. The quantitative estimate of drug-likeness (QED) is 0.0222. The minimum atomic E-state index is -4.95. The number of hydrogen-bond donors (Lipinski definition) is 3. The molecule has 0 aliphatic carbocycles. The van der Waals surface area contributed by atoms with Gasteiger partial charge in [-0.3, -0.25) is 37.3 Å². The van der Waals surface area contributed by atoms with Crippen molar-refractivity contribution < 1.29 is 80.2 Å². The summed E-state index contributed by atoms with van der Waals surface area (Å²) in [5, 5.41) is 10.6. The fraction of sp³-hybridized carbons (Fsp3) is 0.947. The predicted molar refractivity (Wildman–Crippen MR) is 386 cm³/mol. The van der Waals surface area contributed by atoms with E-state index in [2.05, 4.69) is 27.7 Å². The highest BCUT2D eigenvalue weighted by atomic mass is 31.2. The van der Waals surface area contributed by atoms with E-state index in [0.717, 1.165) is 103 Å². The summed E-state index contributed by atoms with van der Waals surface area (Å²) in [6.07, 6.45) is 61.1. The second-order valence-corrected chi connectivity index (χ2v) is 30.3. The van der Waals surface area contributed by atoms with E-state index < -0.39 is 97.5 Å². The predicted octanol–water partition coefficient (Wildman–Crippen LogP) is 22.6. The summed E-state index contributed by atoms with van der Waals surface area (Å²) < 4.78 is 68.4. The lowest BCUT2D eigenvalue weighted by Gasteiger charge is -2.21. The molecule has 0 aliphatic heterocycles. The SMILES string of the molecule is CCCCCCCCCCCCCCCCCCCCC(=O)O[C@H](COC(=O)CCCCCCCCCCCCCCCCC)COP(=O)(O)OC[C@@H](O)COP(=O)(O)OC[C@@H](COC(=O)CCCCCCCCC)OC(=O)CCCCCCCCCCCCCCCCC. The second kappa shape index (κ2) is 70.5. The number of carbonyl (C=O) groups is 4. The van der Waals surface area contributed by atoms with Gasteiger partial charge in [0, 0.05) is 25.7 Å². The Morgan fingerprint density at radius 1 is 0.253 bits per heavy atom. The summed E-state index contributed by atoms with van der Waals surface area (Å²) in [6, 6.07) is 0. The van der Waals surface area contributed by atoms with E-state index in [9.17, 15) is 43.2 Å². The van der Waals surface area contributed by atoms with Gasteiger partial charge in [0.05, 0.1) is 26.4 Å². The first kappa shape index (κ1) is 93.1. The van der Waals surface area contributed by atoms with E-state index >= 15 is 0 Å². The maximum absolute atomic E-state index is 13.1. The van der Waals surface area contributed by atoms with Gasteiger partial charge in [-0.25, -0.2) is 9.13 Å². The Bertz CT molecular complexity index is 1810. The molecule has 0 amide bonds. The lowest BCUT2D eigenvalue weighted by Crippen LogP contribution is -2.30. The third-order valence-corrected chi connectivity index (χ3v) is 19.8. The Labute approximate surface area is 581 Å². The molecule has 564 valence electrons. The first-order chi connectivity index (χ1) is 46.2. The van der Waals surface area contributed by atoms with Crippen molar-refractivity contribution in [3.8, 4) is 0 Å². The number of rotatable bonds is 77. The monoisotopic (exact) mass is 1400 g/mol. The number of aliphatic hydroxyl groups is 1. The van der Waals surface area contributed by atoms with E-state index in [4.69, 9.17) is 37.0 Å². The summed E-state index contributed by atoms with van der Waals surface area (Å²) in [5.74, 6) is -2.11. The molecule has 0 bridgehead atoms. The molecular weight excluding hydrogens is 1250 g/mol. The van der Waals surface area contributed by atoms with E-state index in [-0.39, 0.29) is 25.7 Å². The van der Waals surface area contributed by atoms with E-state index in [1.54, 1.807) is 0 Å². The van der Waals surface area contributed by atoms with Crippen molar-refractivity contribution in [2.75, 3.05) is 39.6 Å². The Morgan fingerprint density at radius 3 is 0.621 bits per heavy atom. The highest BCUT2D eigenvalue weighted by Gasteiger charge is 2.30. The number of hydrogen-bond acceptors (Lipinski definition) is 15. The van der Waals surface area contributed by atoms with Crippen molar-refractivity contribution in [3.63, 3.8) is 0 Å². The molecule has 0 aromatic carbocycles. The van der Waals surface area contributed by atoms with Gasteiger partial charge in [0.1, 0.15) is 19.3 Å². The molecule has 95 heavy (non-hydrogen) atoms. The summed E-state index contributed by atoms with van der Waals surface area (Å²) in [4.78, 5) is 72.7. The maximum atomic E-state index is 13.1. The smallest absolute Gasteiger partial charge is 0.462 e. The summed E-state index contributed by atoms with van der Waals surface area (Å²) >= 11 is 0. The van der Waals surface area contributed by atoms with Crippen LogP contribution in [0.15, 0.2) is 0 Å². The third-order valence-electron chi connectivity index (χ3n) is 17.9. The molecule has 0 aromatic rings. The number of carbonyl (C=O) groups excluding carboxylic acids is 4. The molecule has 5 atom stereocenters. The zero-order valence-corrected chi connectivity index (χ0v) is 63.4. The maximum Gasteiger partial charge on any atom is 0.472 e. The molecule has 0 heterocycles. The number of aliphatic hydroxyl groups excluding tert-OH is 1. The lowest BCUT2D eigenvalue weighted by molar-refractivity contribution is -0.161. The standard InChI is InChI=1S/C76H148O17P2/c1-5-9-13-17-21-24-27-30-33-34-35-38-41-44-47-51-55-59-63-76(81)93-72(67-87-74(79)61-57-53-49-45-42-39-36-31-28-25-22-18-14-10-6-2)69-91-95(84,85)89-65-70(77)64-88-94(82,83)90-68-71(66-86-73(78)60-56-52-48-20-16-12-8-4)92-75(80)62-58-54-50-46-43-40-37-32-29-26-23-19-15-11-7-3/h70-72,77H,5-69H2,1-4H3,(H,82,83)(H,84,85)/t70-,71+,72+/m0/s1. The van der Waals surface area contributed by atoms with Gasteiger partial charge >= 0.3 is 39.5 Å². The Kier molecular flexibility index (Phi) is 69.1. The molecule has 0 saturated carbocycles. The minimum Gasteiger partial charge on any atom is -0.462 e. The van der Waals surface area contributed by atoms with Gasteiger partial charge in [-0.1, -0.05) is 355 Å². The van der Waals surface area contributed by atoms with E-state index in [1.165, 1.54) is 225 Å². The zero-order valence-electron chi connectivity index (χ0n) is 61.6. The molecule has 17 nitrogen and oxygen atoms in total. The number of unbranched alkanes of at least 4 members (excludes halogenated alkanes) is 51. The minimum absolute atomic E-state index is 0.108. The van der Waals surface area contributed by atoms with Crippen LogP contribution in [0.4, 0.5) is 0 Å². The molecule has 0 rings (SSSR count). The van der Waals surface area contributed by atoms with Crippen molar-refractivity contribution in [1.29, 1.82) is 0 Å². The largest absolute Gasteiger partial charge is 0.472 e. The van der Waals surface area contributed by atoms with Crippen LogP contribution in [0.25, 0.3) is 0 Å². The molecular formula is C76H148O17P2. The van der Waals surface area contributed by atoms with Gasteiger partial charge in [0.25, 0.3) is 0 Å². The number of ether oxygens (including phenoxy) is 4. The van der Waals surface area contributed by atoms with Crippen LogP contribution in [0.3, 0.4) is 0 Å². The van der Waals surface area contributed by atoms with Gasteiger partial charge < -0.3 is 33.8 Å². The fourth-order valence-electron chi connectivity index (χ4n) is 11.8. The molecule has 19 heteroatoms. The van der Waals surface area contributed by atoms with Crippen molar-refractivity contribution in [1.82, 2.24) is 0 Å². The van der Waals surface area contributed by atoms with Crippen LogP contribution in [0, 0.1) is 0 Å². The van der Waals surface area contributed by atoms with Gasteiger partial charge in [0.15, 0.2) is 12.2 Å². The highest BCUT2D eigenvalue weighted by Crippen LogP contribution is 2.45. The van der Waals surface area contributed by atoms with Crippen LogP contribution in [-0.2, 0) is 65.4 Å². The second-order valence-electron chi connectivity index (χ2n) is 27.4. The Hall–Kier alpha value is -1.94. The molecule has 0 fully saturated rings. The third kappa shape index (κ3) is 70.3. The highest BCUT2D eigenvalue weighted by molar-refractivity contribution is 7.47. The Balaban J connectivity index is 5.18. The molecule has 0 saturated heterocycles. The molecule has 0 spiro atoms. The van der Waals surface area contributed by atoms with Crippen molar-refractivity contribution in [3.05, 3.63) is 0 Å². The summed E-state index contributed by atoms with van der Waals surface area (Å²) in [5.41, 5.74) is 0. The fourth-order valence-corrected chi connectivity index (χ4v) is 13.3. The van der Waals surface area contributed by atoms with Crippen LogP contribution >= 0.6 is 15.6 Å². The van der Waals surface area contributed by atoms with Gasteiger partial charge in [-0.15, -0.1) is 0 Å². The van der Waals surface area contributed by atoms with Gasteiger partial charge in [-0.2, -0.15) is 0 Å². The average molecular weight is 1400 g/mol. The Morgan fingerprint density at radius 2 is 0.421 bits per heavy atom. The number of phosphoric acid groups is 2. The molecule has 0 aliphatic rings.